The Morgan fingerprint density at radius 3 is 3.00 bits per heavy atom. The molecule has 0 aliphatic heterocycles. The van der Waals surface area contributed by atoms with Crippen LogP contribution < -0.4 is 0 Å². The molecule has 1 rings (SSSR count). The molecular weight excluding hydrogens is 158 g/mol. The number of hydrogen-bond acceptors (Lipinski definition) is 3. The zero-order valence-corrected chi connectivity index (χ0v) is 6.31. The summed E-state index contributed by atoms with van der Waals surface area (Å²) in [5.41, 5.74) is 0.721. The number of rotatable bonds is 0. The first-order valence-electron chi connectivity index (χ1n) is 2.80. The molecule has 0 radical (unpaired) electrons. The van der Waals surface area contributed by atoms with Crippen molar-refractivity contribution in [1.82, 2.24) is 0 Å². The van der Waals surface area contributed by atoms with Gasteiger partial charge in [0.15, 0.2) is 6.29 Å². The minimum Gasteiger partial charge on any atom is -0.289 e. The van der Waals surface area contributed by atoms with Crippen LogP contribution in [0.25, 0.3) is 0 Å². The molecule has 2 nitrogen and oxygen atoms in total. The molecule has 0 saturated heterocycles. The van der Waals surface area contributed by atoms with Crippen LogP contribution in [-0.2, 0) is 4.79 Å². The van der Waals surface area contributed by atoms with Crippen LogP contribution in [0.5, 0.6) is 0 Å². The predicted octanol–water partition coefficient (Wildman–Crippen LogP) is 1.17. The molecule has 1 heterocycles. The number of carbonyl (C=O) groups is 1. The minimum atomic E-state index is 0.531. The fourth-order valence-corrected chi connectivity index (χ4v) is 1.20. The number of carbonyl (C=O) groups excluding carboxylic acids is 1. The van der Waals surface area contributed by atoms with Gasteiger partial charge in [-0.1, -0.05) is 5.92 Å². The number of aldehydes is 1. The molecule has 0 fully saturated rings. The number of nitrogens with zero attached hydrogens (tertiary/aromatic N) is 1. The van der Waals surface area contributed by atoms with Gasteiger partial charge in [0.25, 0.3) is 0 Å². The highest BCUT2D eigenvalue weighted by Crippen LogP contribution is 2.11. The highest BCUT2D eigenvalue weighted by molar-refractivity contribution is 7.10. The van der Waals surface area contributed by atoms with Crippen molar-refractivity contribution < 1.29 is 4.79 Å². The second-order valence-corrected chi connectivity index (χ2v) is 2.61. The summed E-state index contributed by atoms with van der Waals surface area (Å²) >= 11 is 1.32. The lowest BCUT2D eigenvalue weighted by Crippen LogP contribution is -1.65. The van der Waals surface area contributed by atoms with Crippen LogP contribution in [0, 0.1) is 23.2 Å². The van der Waals surface area contributed by atoms with E-state index in [0.717, 1.165) is 5.56 Å². The Labute approximate surface area is 68.1 Å². The fourth-order valence-electron chi connectivity index (χ4n) is 0.573. The standard InChI is InChI=1S/C8H3NOS/c9-5-8-4-7(6-11-8)2-1-3-10/h3-4,6H. The van der Waals surface area contributed by atoms with Crippen molar-refractivity contribution in [3.05, 3.63) is 21.9 Å². The van der Waals surface area contributed by atoms with Crippen molar-refractivity contribution in [2.24, 2.45) is 0 Å². The SMILES string of the molecule is N#Cc1cc(C#CC=O)cs1. The van der Waals surface area contributed by atoms with Gasteiger partial charge in [-0.05, 0) is 12.0 Å². The average Bonchev–Trinajstić information content (AvgIpc) is 2.48. The van der Waals surface area contributed by atoms with Gasteiger partial charge in [-0.3, -0.25) is 4.79 Å². The van der Waals surface area contributed by atoms with Crippen LogP contribution in [0.1, 0.15) is 10.4 Å². The number of hydrogen-bond donors (Lipinski definition) is 0. The maximum absolute atomic E-state index is 9.82. The molecule has 11 heavy (non-hydrogen) atoms. The van der Waals surface area contributed by atoms with E-state index in [1.165, 1.54) is 11.3 Å². The first kappa shape index (κ1) is 7.53. The Morgan fingerprint density at radius 1 is 1.64 bits per heavy atom. The third-order valence-corrected chi connectivity index (χ3v) is 1.82. The van der Waals surface area contributed by atoms with Crippen LogP contribution in [0.4, 0.5) is 0 Å². The van der Waals surface area contributed by atoms with Gasteiger partial charge >= 0.3 is 0 Å². The summed E-state index contributed by atoms with van der Waals surface area (Å²) < 4.78 is 0. The summed E-state index contributed by atoms with van der Waals surface area (Å²) in [6, 6.07) is 3.64. The maximum atomic E-state index is 9.82. The topological polar surface area (TPSA) is 40.9 Å². The highest BCUT2D eigenvalue weighted by atomic mass is 32.1. The van der Waals surface area contributed by atoms with Crippen molar-refractivity contribution >= 4 is 17.6 Å². The molecule has 0 spiro atoms. The Bertz CT molecular complexity index is 361. The van der Waals surface area contributed by atoms with E-state index in [-0.39, 0.29) is 0 Å². The maximum Gasteiger partial charge on any atom is 0.193 e. The lowest BCUT2D eigenvalue weighted by atomic mass is 10.3. The molecule has 0 aromatic carbocycles. The van der Waals surface area contributed by atoms with Gasteiger partial charge in [0.05, 0.1) is 0 Å². The van der Waals surface area contributed by atoms with E-state index in [0.29, 0.717) is 11.2 Å². The summed E-state index contributed by atoms with van der Waals surface area (Å²) in [6.45, 7) is 0. The molecule has 0 N–H and O–H groups in total. The summed E-state index contributed by atoms with van der Waals surface area (Å²) in [4.78, 5) is 10.4. The third kappa shape index (κ3) is 1.93. The molecule has 3 heteroatoms. The molecule has 1 aromatic heterocycles. The molecule has 0 aliphatic rings. The average molecular weight is 161 g/mol. The van der Waals surface area contributed by atoms with Crippen molar-refractivity contribution in [3.63, 3.8) is 0 Å². The van der Waals surface area contributed by atoms with Crippen LogP contribution in [0.3, 0.4) is 0 Å². The Balaban J connectivity index is 2.91. The molecular formula is C8H3NOS. The monoisotopic (exact) mass is 161 g/mol. The van der Waals surface area contributed by atoms with Gasteiger partial charge in [0.1, 0.15) is 10.9 Å². The Kier molecular flexibility index (Phi) is 2.43. The lowest BCUT2D eigenvalue weighted by molar-refractivity contribution is -0.103. The third-order valence-electron chi connectivity index (χ3n) is 0.985. The van der Waals surface area contributed by atoms with E-state index < -0.39 is 0 Å². The van der Waals surface area contributed by atoms with Gasteiger partial charge in [-0.25, -0.2) is 0 Å². The second-order valence-electron chi connectivity index (χ2n) is 1.70. The van der Waals surface area contributed by atoms with Crippen LogP contribution in [-0.4, -0.2) is 6.29 Å². The quantitative estimate of drug-likeness (QED) is 0.423. The van der Waals surface area contributed by atoms with Crippen LogP contribution in [0.15, 0.2) is 11.4 Å². The van der Waals surface area contributed by atoms with Crippen molar-refractivity contribution in [2.75, 3.05) is 0 Å². The first-order chi connectivity index (χ1) is 5.36. The summed E-state index contributed by atoms with van der Waals surface area (Å²) in [7, 11) is 0. The summed E-state index contributed by atoms with van der Waals surface area (Å²) in [5.74, 6) is 4.86. The van der Waals surface area contributed by atoms with Crippen molar-refractivity contribution in [1.29, 1.82) is 5.26 Å². The van der Waals surface area contributed by atoms with Gasteiger partial charge in [-0.2, -0.15) is 5.26 Å². The number of nitriles is 1. The van der Waals surface area contributed by atoms with Gasteiger partial charge < -0.3 is 0 Å². The largest absolute Gasteiger partial charge is 0.289 e. The zero-order valence-electron chi connectivity index (χ0n) is 5.50. The molecule has 1 aromatic rings. The number of thiophene rings is 1. The van der Waals surface area contributed by atoms with Gasteiger partial charge in [0.2, 0.25) is 0 Å². The molecule has 0 bridgehead atoms. The molecule has 0 aliphatic carbocycles. The Hall–Kier alpha value is -1.58. The van der Waals surface area contributed by atoms with Crippen LogP contribution in [0.2, 0.25) is 0 Å². The molecule has 0 atom stereocenters. The summed E-state index contributed by atoms with van der Waals surface area (Å²) in [6.07, 6.45) is 0.531. The minimum absolute atomic E-state index is 0.531. The van der Waals surface area contributed by atoms with Crippen molar-refractivity contribution in [3.8, 4) is 17.9 Å². The smallest absolute Gasteiger partial charge is 0.193 e. The van der Waals surface area contributed by atoms with Gasteiger partial charge in [-0.15, -0.1) is 11.3 Å². The van der Waals surface area contributed by atoms with Crippen LogP contribution >= 0.6 is 11.3 Å². The molecule has 0 unspecified atom stereocenters. The predicted molar refractivity (Wildman–Crippen MR) is 42.0 cm³/mol. The highest BCUT2D eigenvalue weighted by Gasteiger charge is 1.93. The first-order valence-corrected chi connectivity index (χ1v) is 3.68. The van der Waals surface area contributed by atoms with E-state index in [1.54, 1.807) is 11.4 Å². The van der Waals surface area contributed by atoms with E-state index in [1.807, 2.05) is 6.07 Å². The van der Waals surface area contributed by atoms with E-state index in [9.17, 15) is 4.79 Å². The van der Waals surface area contributed by atoms with Crippen molar-refractivity contribution in [2.45, 2.75) is 0 Å². The molecule has 52 valence electrons. The molecule has 0 saturated carbocycles. The molecule has 0 amide bonds. The normalized spacial score (nSPS) is 7.55. The zero-order chi connectivity index (χ0) is 8.10. The Morgan fingerprint density at radius 2 is 2.45 bits per heavy atom. The van der Waals surface area contributed by atoms with E-state index >= 15 is 0 Å². The van der Waals surface area contributed by atoms with E-state index in [4.69, 9.17) is 5.26 Å². The van der Waals surface area contributed by atoms with Gasteiger partial charge in [0, 0.05) is 10.9 Å². The lowest BCUT2D eigenvalue weighted by Gasteiger charge is -1.70. The second kappa shape index (κ2) is 3.55. The summed E-state index contributed by atoms with van der Waals surface area (Å²) in [5, 5.41) is 10.2. The van der Waals surface area contributed by atoms with E-state index in [2.05, 4.69) is 11.8 Å². The fraction of sp³-hybridized carbons (Fsp3) is 0.